The average molecular weight is 386 g/mol. The summed E-state index contributed by atoms with van der Waals surface area (Å²) in [4.78, 5) is 35.4. The number of piperazine rings is 1. The van der Waals surface area contributed by atoms with Crippen molar-refractivity contribution in [3.05, 3.63) is 23.9 Å². The lowest BCUT2D eigenvalue weighted by atomic mass is 9.96. The van der Waals surface area contributed by atoms with Crippen molar-refractivity contribution in [2.75, 3.05) is 50.7 Å². The molecule has 0 saturated carbocycles. The molecule has 1 aromatic heterocycles. The maximum absolute atomic E-state index is 12.8. The molecule has 3 aliphatic rings. The number of rotatable bonds is 4. The van der Waals surface area contributed by atoms with Crippen LogP contribution in [0.15, 0.2) is 18.3 Å². The lowest BCUT2D eigenvalue weighted by molar-refractivity contribution is -0.128. The van der Waals surface area contributed by atoms with E-state index in [-0.39, 0.29) is 5.91 Å². The van der Waals surface area contributed by atoms with Gasteiger partial charge in [-0.15, -0.1) is 0 Å². The summed E-state index contributed by atoms with van der Waals surface area (Å²) in [6.45, 7) is 8.31. The lowest BCUT2D eigenvalue weighted by Gasteiger charge is -2.34. The number of nitrogens with one attached hydrogen (secondary N) is 1. The Morgan fingerprint density at radius 3 is 2.68 bits per heavy atom. The van der Waals surface area contributed by atoms with Crippen LogP contribution in [0.5, 0.6) is 0 Å². The summed E-state index contributed by atoms with van der Waals surface area (Å²) in [6, 6.07) is 4.33. The number of anilines is 1. The molecule has 0 radical (unpaired) electrons. The number of aromatic nitrogens is 1. The zero-order valence-electron chi connectivity index (χ0n) is 16.8. The minimum Gasteiger partial charge on any atom is -0.354 e. The molecule has 7 nitrogen and oxygen atoms in total. The van der Waals surface area contributed by atoms with Crippen molar-refractivity contribution in [1.29, 1.82) is 0 Å². The van der Waals surface area contributed by atoms with E-state index >= 15 is 0 Å². The summed E-state index contributed by atoms with van der Waals surface area (Å²) in [5, 5.41) is 3.43. The standard InChI is InChI=1S/C21H31N5O2/c1-16-14-25(12-8-22-16)19-5-4-18(13-23-19)21(28)24-10-6-17(7-11-24)15-26-9-2-3-20(26)27/h4-5,13,16-17,22H,2-3,6-12,14-15H2,1H3/t16-/m1/s1. The van der Waals surface area contributed by atoms with Crippen molar-refractivity contribution in [3.63, 3.8) is 0 Å². The number of carbonyl (C=O) groups excluding carboxylic acids is 2. The number of hydrogen-bond acceptors (Lipinski definition) is 5. The Bertz CT molecular complexity index is 699. The lowest BCUT2D eigenvalue weighted by Crippen LogP contribution is -2.49. The van der Waals surface area contributed by atoms with Gasteiger partial charge in [0.05, 0.1) is 5.56 Å². The molecule has 1 atom stereocenters. The molecule has 3 fully saturated rings. The van der Waals surface area contributed by atoms with Gasteiger partial charge in [0.15, 0.2) is 0 Å². The average Bonchev–Trinajstić information content (AvgIpc) is 3.13. The smallest absolute Gasteiger partial charge is 0.255 e. The second-order valence-corrected chi connectivity index (χ2v) is 8.39. The Kier molecular flexibility index (Phi) is 5.80. The van der Waals surface area contributed by atoms with E-state index in [2.05, 4.69) is 22.1 Å². The van der Waals surface area contributed by atoms with E-state index in [1.165, 1.54) is 0 Å². The Morgan fingerprint density at radius 2 is 2.04 bits per heavy atom. The van der Waals surface area contributed by atoms with Crippen molar-refractivity contribution < 1.29 is 9.59 Å². The second kappa shape index (κ2) is 8.47. The molecule has 0 aromatic carbocycles. The van der Waals surface area contributed by atoms with E-state index in [9.17, 15) is 9.59 Å². The molecule has 4 rings (SSSR count). The molecule has 0 unspecified atom stereocenters. The third kappa shape index (κ3) is 4.29. The van der Waals surface area contributed by atoms with Gasteiger partial charge in [0.2, 0.25) is 5.91 Å². The van der Waals surface area contributed by atoms with Crippen LogP contribution in [0, 0.1) is 5.92 Å². The number of likely N-dealkylation sites (tertiary alicyclic amines) is 2. The van der Waals surface area contributed by atoms with Gasteiger partial charge in [-0.25, -0.2) is 4.98 Å². The minimum absolute atomic E-state index is 0.0726. The molecule has 1 N–H and O–H groups in total. The first-order chi connectivity index (χ1) is 13.6. The molecule has 152 valence electrons. The molecule has 0 aliphatic carbocycles. The van der Waals surface area contributed by atoms with Crippen molar-refractivity contribution in [2.45, 2.75) is 38.6 Å². The van der Waals surface area contributed by atoms with E-state index in [0.29, 0.717) is 29.9 Å². The number of carbonyl (C=O) groups is 2. The SMILES string of the molecule is C[C@@H]1CN(c2ccc(C(=O)N3CCC(CN4CCCC4=O)CC3)cn2)CCN1. The molecular formula is C21H31N5O2. The molecule has 3 aliphatic heterocycles. The van der Waals surface area contributed by atoms with E-state index in [1.54, 1.807) is 6.20 Å². The first-order valence-electron chi connectivity index (χ1n) is 10.6. The van der Waals surface area contributed by atoms with Crippen LogP contribution in [-0.2, 0) is 4.79 Å². The van der Waals surface area contributed by atoms with Crippen molar-refractivity contribution >= 4 is 17.6 Å². The van der Waals surface area contributed by atoms with Crippen LogP contribution in [0.1, 0.15) is 43.0 Å². The topological polar surface area (TPSA) is 68.8 Å². The van der Waals surface area contributed by atoms with Crippen molar-refractivity contribution in [1.82, 2.24) is 20.1 Å². The highest BCUT2D eigenvalue weighted by Crippen LogP contribution is 2.23. The Morgan fingerprint density at radius 1 is 1.21 bits per heavy atom. The normalized spacial score (nSPS) is 24.1. The summed E-state index contributed by atoms with van der Waals surface area (Å²) < 4.78 is 0. The van der Waals surface area contributed by atoms with Crippen LogP contribution in [-0.4, -0.2) is 78.5 Å². The van der Waals surface area contributed by atoms with Gasteiger partial charge in [-0.1, -0.05) is 0 Å². The summed E-state index contributed by atoms with van der Waals surface area (Å²) >= 11 is 0. The van der Waals surface area contributed by atoms with Gasteiger partial charge in [-0.05, 0) is 44.2 Å². The highest BCUT2D eigenvalue weighted by atomic mass is 16.2. The summed E-state index contributed by atoms with van der Waals surface area (Å²) in [5.41, 5.74) is 0.667. The molecule has 7 heteroatoms. The zero-order chi connectivity index (χ0) is 19.5. The maximum Gasteiger partial charge on any atom is 0.255 e. The van der Waals surface area contributed by atoms with Crippen LogP contribution in [0.25, 0.3) is 0 Å². The van der Waals surface area contributed by atoms with Gasteiger partial charge in [0, 0.05) is 64.5 Å². The van der Waals surface area contributed by atoms with Crippen LogP contribution < -0.4 is 10.2 Å². The van der Waals surface area contributed by atoms with E-state index in [4.69, 9.17) is 0 Å². The van der Waals surface area contributed by atoms with Crippen molar-refractivity contribution in [3.8, 4) is 0 Å². The summed E-state index contributed by atoms with van der Waals surface area (Å²) in [7, 11) is 0. The van der Waals surface area contributed by atoms with E-state index in [0.717, 1.165) is 70.9 Å². The molecule has 1 aromatic rings. The maximum atomic E-state index is 12.8. The van der Waals surface area contributed by atoms with Crippen LogP contribution >= 0.6 is 0 Å². The number of piperidine rings is 1. The van der Waals surface area contributed by atoms with E-state index < -0.39 is 0 Å². The molecule has 28 heavy (non-hydrogen) atoms. The summed E-state index contributed by atoms with van der Waals surface area (Å²) in [5.74, 6) is 1.83. The van der Waals surface area contributed by atoms with Crippen LogP contribution in [0.3, 0.4) is 0 Å². The third-order valence-corrected chi connectivity index (χ3v) is 6.24. The van der Waals surface area contributed by atoms with Crippen LogP contribution in [0.2, 0.25) is 0 Å². The van der Waals surface area contributed by atoms with Gasteiger partial charge in [-0.2, -0.15) is 0 Å². The number of pyridine rings is 1. The monoisotopic (exact) mass is 385 g/mol. The summed E-state index contributed by atoms with van der Waals surface area (Å²) in [6.07, 6.45) is 5.36. The van der Waals surface area contributed by atoms with Gasteiger partial charge in [0.25, 0.3) is 5.91 Å². The highest BCUT2D eigenvalue weighted by molar-refractivity contribution is 5.94. The molecule has 2 amide bonds. The fourth-order valence-electron chi connectivity index (χ4n) is 4.55. The fourth-order valence-corrected chi connectivity index (χ4v) is 4.55. The first-order valence-corrected chi connectivity index (χ1v) is 10.6. The predicted octanol–water partition coefficient (Wildman–Crippen LogP) is 1.35. The Hall–Kier alpha value is -2.15. The number of hydrogen-bond donors (Lipinski definition) is 1. The van der Waals surface area contributed by atoms with Crippen LogP contribution in [0.4, 0.5) is 5.82 Å². The minimum atomic E-state index is 0.0726. The second-order valence-electron chi connectivity index (χ2n) is 8.39. The Balaban J connectivity index is 1.29. The molecule has 3 saturated heterocycles. The van der Waals surface area contributed by atoms with E-state index in [1.807, 2.05) is 21.9 Å². The predicted molar refractivity (Wildman–Crippen MR) is 108 cm³/mol. The largest absolute Gasteiger partial charge is 0.354 e. The number of nitrogens with zero attached hydrogens (tertiary/aromatic N) is 4. The zero-order valence-corrected chi connectivity index (χ0v) is 16.8. The molecule has 0 spiro atoms. The van der Waals surface area contributed by atoms with Gasteiger partial charge in [-0.3, -0.25) is 9.59 Å². The van der Waals surface area contributed by atoms with Crippen molar-refractivity contribution in [2.24, 2.45) is 5.92 Å². The number of amides is 2. The fraction of sp³-hybridized carbons (Fsp3) is 0.667. The van der Waals surface area contributed by atoms with Gasteiger partial charge < -0.3 is 20.0 Å². The molecule has 4 heterocycles. The Labute approximate surface area is 167 Å². The molecule has 0 bridgehead atoms. The van der Waals surface area contributed by atoms with Gasteiger partial charge >= 0.3 is 0 Å². The quantitative estimate of drug-likeness (QED) is 0.848. The molecular weight excluding hydrogens is 354 g/mol. The van der Waals surface area contributed by atoms with Gasteiger partial charge in [0.1, 0.15) is 5.82 Å². The highest BCUT2D eigenvalue weighted by Gasteiger charge is 2.28. The third-order valence-electron chi connectivity index (χ3n) is 6.24. The first kappa shape index (κ1) is 19.2.